The number of para-hydroxylation sites is 2. The summed E-state index contributed by atoms with van der Waals surface area (Å²) in [5.41, 5.74) is 4.26. The number of amides is 2. The van der Waals surface area contributed by atoms with Crippen molar-refractivity contribution in [1.82, 2.24) is 5.32 Å². The average Bonchev–Trinajstić information content (AvgIpc) is 3.26. The fourth-order valence-electron chi connectivity index (χ4n) is 4.24. The molecule has 1 fully saturated rings. The minimum atomic E-state index is 0.0250. The smallest absolute Gasteiger partial charge is 0.227 e. The molecule has 0 radical (unpaired) electrons. The molecule has 2 aliphatic heterocycles. The monoisotopic (exact) mass is 443 g/mol. The largest absolute Gasteiger partial charge is 0.352 e. The summed E-state index contributed by atoms with van der Waals surface area (Å²) in [4.78, 5) is 31.0. The lowest BCUT2D eigenvalue weighted by atomic mass is 10.2. The molecule has 6 heteroatoms. The van der Waals surface area contributed by atoms with Gasteiger partial charge < -0.3 is 15.1 Å². The van der Waals surface area contributed by atoms with Gasteiger partial charge in [-0.3, -0.25) is 9.59 Å². The second-order valence-electron chi connectivity index (χ2n) is 8.03. The van der Waals surface area contributed by atoms with Gasteiger partial charge in [-0.2, -0.15) is 0 Å². The number of nitrogens with zero attached hydrogens (tertiary/aromatic N) is 2. The fourth-order valence-corrected chi connectivity index (χ4v) is 5.34. The molecule has 5 nitrogen and oxygen atoms in total. The van der Waals surface area contributed by atoms with Gasteiger partial charge in [0.1, 0.15) is 0 Å². The van der Waals surface area contributed by atoms with E-state index in [1.807, 2.05) is 41.3 Å². The first kappa shape index (κ1) is 20.6. The van der Waals surface area contributed by atoms with Crippen LogP contribution in [0, 0.1) is 0 Å². The number of carbonyl (C=O) groups is 2. The minimum absolute atomic E-state index is 0.0250. The van der Waals surface area contributed by atoms with Crippen LogP contribution in [-0.2, 0) is 16.1 Å². The van der Waals surface area contributed by atoms with Crippen LogP contribution in [0.4, 0.5) is 17.1 Å². The predicted molar refractivity (Wildman–Crippen MR) is 129 cm³/mol. The summed E-state index contributed by atoms with van der Waals surface area (Å²) in [5.74, 6) is 0.210. The first-order valence-corrected chi connectivity index (χ1v) is 11.8. The predicted octanol–water partition coefficient (Wildman–Crippen LogP) is 5.12. The third kappa shape index (κ3) is 4.23. The van der Waals surface area contributed by atoms with Crippen LogP contribution in [0.3, 0.4) is 0 Å². The number of benzene rings is 3. The van der Waals surface area contributed by atoms with Gasteiger partial charge in [0.25, 0.3) is 0 Å². The van der Waals surface area contributed by atoms with E-state index in [0.717, 1.165) is 35.6 Å². The van der Waals surface area contributed by atoms with E-state index in [-0.39, 0.29) is 11.8 Å². The van der Waals surface area contributed by atoms with E-state index in [0.29, 0.717) is 25.9 Å². The highest BCUT2D eigenvalue weighted by atomic mass is 32.2. The first-order valence-electron chi connectivity index (χ1n) is 11.0. The van der Waals surface area contributed by atoms with Crippen molar-refractivity contribution in [3.63, 3.8) is 0 Å². The maximum absolute atomic E-state index is 12.6. The number of fused-ring (bicyclic) bond motifs is 2. The van der Waals surface area contributed by atoms with E-state index in [9.17, 15) is 9.59 Å². The molecule has 2 heterocycles. The molecule has 162 valence electrons. The molecule has 5 rings (SSSR count). The van der Waals surface area contributed by atoms with Gasteiger partial charge >= 0.3 is 0 Å². The Balaban J connectivity index is 1.19. The van der Waals surface area contributed by atoms with Crippen LogP contribution in [0.1, 0.15) is 24.8 Å². The summed E-state index contributed by atoms with van der Waals surface area (Å²) in [6, 6.07) is 24.6. The third-order valence-electron chi connectivity index (χ3n) is 5.91. The van der Waals surface area contributed by atoms with E-state index in [2.05, 4.69) is 46.6 Å². The lowest BCUT2D eigenvalue weighted by Gasteiger charge is -2.32. The molecule has 1 N–H and O–H groups in total. The number of carbonyl (C=O) groups excluding carboxylic acids is 2. The van der Waals surface area contributed by atoms with Gasteiger partial charge in [0.2, 0.25) is 11.8 Å². The Bertz CT molecular complexity index is 1100. The van der Waals surface area contributed by atoms with E-state index < -0.39 is 0 Å². The van der Waals surface area contributed by atoms with Gasteiger partial charge in [-0.05, 0) is 48.4 Å². The zero-order chi connectivity index (χ0) is 21.9. The Morgan fingerprint density at radius 1 is 0.906 bits per heavy atom. The number of hydrogen-bond acceptors (Lipinski definition) is 4. The van der Waals surface area contributed by atoms with Crippen LogP contribution in [-0.4, -0.2) is 24.9 Å². The minimum Gasteiger partial charge on any atom is -0.352 e. The van der Waals surface area contributed by atoms with E-state index >= 15 is 0 Å². The standard InChI is InChI=1S/C26H25N3O2S/c30-25(27-18-19-11-13-20(14-12-19)28-16-5-10-26(28)31)15-17-29-21-6-1-3-8-23(21)32-24-9-4-2-7-22(24)29/h1-4,6-9,11-14H,5,10,15-18H2,(H,27,30). The van der Waals surface area contributed by atoms with Crippen LogP contribution in [0.15, 0.2) is 82.6 Å². The SMILES string of the molecule is O=C(CCN1c2ccccc2Sc2ccccc21)NCc1ccc(N2CCCC2=O)cc1. The lowest BCUT2D eigenvalue weighted by Crippen LogP contribution is -2.29. The Morgan fingerprint density at radius 3 is 2.19 bits per heavy atom. The van der Waals surface area contributed by atoms with Crippen LogP contribution in [0.5, 0.6) is 0 Å². The maximum atomic E-state index is 12.6. The van der Waals surface area contributed by atoms with Crippen molar-refractivity contribution in [2.24, 2.45) is 0 Å². The zero-order valence-electron chi connectivity index (χ0n) is 17.8. The van der Waals surface area contributed by atoms with Gasteiger partial charge in [0.15, 0.2) is 0 Å². The molecule has 0 saturated carbocycles. The van der Waals surface area contributed by atoms with Gasteiger partial charge in [-0.25, -0.2) is 0 Å². The first-order chi connectivity index (χ1) is 15.7. The average molecular weight is 444 g/mol. The molecule has 1 saturated heterocycles. The molecule has 0 spiro atoms. The maximum Gasteiger partial charge on any atom is 0.227 e. The van der Waals surface area contributed by atoms with Crippen LogP contribution in [0.2, 0.25) is 0 Å². The van der Waals surface area contributed by atoms with Crippen molar-refractivity contribution >= 4 is 40.6 Å². The Kier molecular flexibility index (Phi) is 5.86. The van der Waals surface area contributed by atoms with Crippen molar-refractivity contribution in [1.29, 1.82) is 0 Å². The Morgan fingerprint density at radius 2 is 1.56 bits per heavy atom. The Labute approximate surface area is 192 Å². The molecule has 2 amide bonds. The van der Waals surface area contributed by atoms with Crippen molar-refractivity contribution in [2.75, 3.05) is 22.9 Å². The summed E-state index contributed by atoms with van der Waals surface area (Å²) >= 11 is 1.77. The molecule has 3 aromatic rings. The second kappa shape index (κ2) is 9.09. The normalized spacial score (nSPS) is 14.8. The van der Waals surface area contributed by atoms with Gasteiger partial charge in [-0.1, -0.05) is 48.2 Å². The molecule has 0 aromatic heterocycles. The van der Waals surface area contributed by atoms with Gasteiger partial charge in [-0.15, -0.1) is 0 Å². The van der Waals surface area contributed by atoms with Gasteiger partial charge in [0, 0.05) is 48.0 Å². The number of rotatable bonds is 6. The molecule has 2 aliphatic rings. The molecule has 0 atom stereocenters. The zero-order valence-corrected chi connectivity index (χ0v) is 18.6. The van der Waals surface area contributed by atoms with Crippen molar-refractivity contribution in [3.05, 3.63) is 78.4 Å². The molecule has 0 aliphatic carbocycles. The highest BCUT2D eigenvalue weighted by Gasteiger charge is 2.23. The molecular formula is C26H25N3O2S. The van der Waals surface area contributed by atoms with Crippen molar-refractivity contribution in [2.45, 2.75) is 35.6 Å². The molecule has 32 heavy (non-hydrogen) atoms. The highest BCUT2D eigenvalue weighted by molar-refractivity contribution is 7.99. The molecule has 0 unspecified atom stereocenters. The highest BCUT2D eigenvalue weighted by Crippen LogP contribution is 2.47. The summed E-state index contributed by atoms with van der Waals surface area (Å²) in [7, 11) is 0. The summed E-state index contributed by atoms with van der Waals surface area (Å²) in [5, 5.41) is 3.03. The van der Waals surface area contributed by atoms with Crippen molar-refractivity contribution in [3.8, 4) is 0 Å². The summed E-state index contributed by atoms with van der Waals surface area (Å²) in [6.45, 7) is 1.89. The van der Waals surface area contributed by atoms with Crippen molar-refractivity contribution < 1.29 is 9.59 Å². The quantitative estimate of drug-likeness (QED) is 0.574. The molecular weight excluding hydrogens is 418 g/mol. The molecule has 0 bridgehead atoms. The van der Waals surface area contributed by atoms with Gasteiger partial charge in [0.05, 0.1) is 11.4 Å². The second-order valence-corrected chi connectivity index (χ2v) is 9.12. The van der Waals surface area contributed by atoms with Crippen LogP contribution in [0.25, 0.3) is 0 Å². The number of anilines is 3. The van der Waals surface area contributed by atoms with E-state index in [1.54, 1.807) is 11.8 Å². The number of nitrogens with one attached hydrogen (secondary N) is 1. The number of hydrogen-bond donors (Lipinski definition) is 1. The molecule has 3 aromatic carbocycles. The van der Waals surface area contributed by atoms with E-state index in [4.69, 9.17) is 0 Å². The fraction of sp³-hybridized carbons (Fsp3) is 0.231. The lowest BCUT2D eigenvalue weighted by molar-refractivity contribution is -0.121. The third-order valence-corrected chi connectivity index (χ3v) is 7.04. The summed E-state index contributed by atoms with van der Waals surface area (Å²) in [6.07, 6.45) is 1.96. The summed E-state index contributed by atoms with van der Waals surface area (Å²) < 4.78 is 0. The van der Waals surface area contributed by atoms with Crippen LogP contribution >= 0.6 is 11.8 Å². The van der Waals surface area contributed by atoms with Crippen LogP contribution < -0.4 is 15.1 Å². The van der Waals surface area contributed by atoms with E-state index in [1.165, 1.54) is 9.79 Å². The topological polar surface area (TPSA) is 52.7 Å². The Hall–Kier alpha value is -3.25.